The summed E-state index contributed by atoms with van der Waals surface area (Å²) >= 11 is 0. The lowest BCUT2D eigenvalue weighted by Crippen LogP contribution is -2.45. The molecule has 9 heteroatoms. The van der Waals surface area contributed by atoms with E-state index < -0.39 is 0 Å². The summed E-state index contributed by atoms with van der Waals surface area (Å²) in [5.74, 6) is 0.927. The van der Waals surface area contributed by atoms with E-state index in [0.29, 0.717) is 5.56 Å². The zero-order valence-electron chi connectivity index (χ0n) is 14.5. The first-order valence-corrected chi connectivity index (χ1v) is 8.57. The number of tetrazole rings is 1. The number of carbonyl (C=O) groups is 1. The average Bonchev–Trinajstić information content (AvgIpc) is 3.34. The Labute approximate surface area is 150 Å². The van der Waals surface area contributed by atoms with E-state index in [2.05, 4.69) is 30.7 Å². The summed E-state index contributed by atoms with van der Waals surface area (Å²) in [4.78, 5) is 19.1. The molecule has 0 saturated carbocycles. The molecule has 1 N–H and O–H groups in total. The van der Waals surface area contributed by atoms with Crippen molar-refractivity contribution in [3.05, 3.63) is 48.5 Å². The van der Waals surface area contributed by atoms with E-state index in [-0.39, 0.29) is 11.9 Å². The van der Waals surface area contributed by atoms with Crippen molar-refractivity contribution in [3.8, 4) is 5.69 Å². The van der Waals surface area contributed by atoms with Crippen LogP contribution in [0.5, 0.6) is 0 Å². The Balaban J connectivity index is 1.33. The number of amides is 1. The monoisotopic (exact) mass is 352 g/mol. The Morgan fingerprint density at radius 2 is 1.96 bits per heavy atom. The van der Waals surface area contributed by atoms with Gasteiger partial charge in [-0.05, 0) is 47.5 Å². The molecular formula is C17H20N8O. The molecule has 0 atom stereocenters. The van der Waals surface area contributed by atoms with E-state index >= 15 is 0 Å². The first-order chi connectivity index (χ1) is 12.7. The van der Waals surface area contributed by atoms with Gasteiger partial charge in [0, 0.05) is 44.1 Å². The Bertz CT molecular complexity index is 863. The van der Waals surface area contributed by atoms with E-state index in [1.807, 2.05) is 36.1 Å². The lowest BCUT2D eigenvalue weighted by atomic mass is 10.0. The van der Waals surface area contributed by atoms with Gasteiger partial charge in [-0.1, -0.05) is 0 Å². The lowest BCUT2D eigenvalue weighted by molar-refractivity contribution is 0.0931. The first kappa shape index (κ1) is 16.2. The summed E-state index contributed by atoms with van der Waals surface area (Å²) in [5, 5.41) is 14.2. The van der Waals surface area contributed by atoms with Gasteiger partial charge in [0.25, 0.3) is 5.91 Å². The summed E-state index contributed by atoms with van der Waals surface area (Å²) in [6, 6.07) is 7.41. The molecule has 1 aliphatic heterocycles. The highest BCUT2D eigenvalue weighted by molar-refractivity contribution is 5.94. The molecule has 0 spiro atoms. The van der Waals surface area contributed by atoms with Crippen LogP contribution in [0.2, 0.25) is 0 Å². The van der Waals surface area contributed by atoms with Crippen molar-refractivity contribution in [2.24, 2.45) is 7.05 Å². The summed E-state index contributed by atoms with van der Waals surface area (Å²) in [7, 11) is 2.00. The minimum Gasteiger partial charge on any atom is -0.349 e. The maximum Gasteiger partial charge on any atom is 0.251 e. The molecule has 0 bridgehead atoms. The molecule has 1 fully saturated rings. The highest BCUT2D eigenvalue weighted by atomic mass is 16.1. The van der Waals surface area contributed by atoms with E-state index in [9.17, 15) is 4.79 Å². The number of benzene rings is 1. The van der Waals surface area contributed by atoms with Gasteiger partial charge in [-0.15, -0.1) is 5.10 Å². The van der Waals surface area contributed by atoms with Gasteiger partial charge in [-0.25, -0.2) is 9.67 Å². The average molecular weight is 352 g/mol. The van der Waals surface area contributed by atoms with Gasteiger partial charge in [0.15, 0.2) is 0 Å². The smallest absolute Gasteiger partial charge is 0.251 e. The van der Waals surface area contributed by atoms with Crippen molar-refractivity contribution in [2.75, 3.05) is 18.0 Å². The van der Waals surface area contributed by atoms with Crippen molar-refractivity contribution >= 4 is 11.9 Å². The molecule has 26 heavy (non-hydrogen) atoms. The van der Waals surface area contributed by atoms with Crippen LogP contribution in [0.4, 0.5) is 5.95 Å². The van der Waals surface area contributed by atoms with Gasteiger partial charge in [0.2, 0.25) is 5.95 Å². The highest BCUT2D eigenvalue weighted by Crippen LogP contribution is 2.18. The molecule has 1 amide bonds. The van der Waals surface area contributed by atoms with E-state index in [4.69, 9.17) is 0 Å². The molecule has 1 aliphatic rings. The number of aromatic nitrogens is 6. The zero-order chi connectivity index (χ0) is 17.9. The molecule has 1 aromatic carbocycles. The Hall–Kier alpha value is -3.23. The van der Waals surface area contributed by atoms with E-state index in [1.165, 1.54) is 6.33 Å². The maximum atomic E-state index is 12.5. The zero-order valence-corrected chi connectivity index (χ0v) is 14.5. The topological polar surface area (TPSA) is 93.8 Å². The second kappa shape index (κ2) is 6.95. The van der Waals surface area contributed by atoms with Crippen LogP contribution in [-0.2, 0) is 7.05 Å². The number of hydrogen-bond donors (Lipinski definition) is 1. The fourth-order valence-electron chi connectivity index (χ4n) is 3.20. The molecule has 0 aliphatic carbocycles. The molecule has 3 heterocycles. The van der Waals surface area contributed by atoms with Crippen molar-refractivity contribution < 1.29 is 4.79 Å². The van der Waals surface area contributed by atoms with Crippen LogP contribution in [0, 0.1) is 0 Å². The fraction of sp³-hybridized carbons (Fsp3) is 0.353. The third-order valence-electron chi connectivity index (χ3n) is 4.65. The largest absolute Gasteiger partial charge is 0.349 e. The maximum absolute atomic E-state index is 12.5. The molecule has 1 saturated heterocycles. The van der Waals surface area contributed by atoms with Crippen LogP contribution in [0.3, 0.4) is 0 Å². The molecular weight excluding hydrogens is 332 g/mol. The number of anilines is 1. The molecule has 2 aromatic heterocycles. The third kappa shape index (κ3) is 3.28. The lowest BCUT2D eigenvalue weighted by Gasteiger charge is -2.33. The number of aryl methyl sites for hydroxylation is 1. The quantitative estimate of drug-likeness (QED) is 0.746. The fourth-order valence-corrected chi connectivity index (χ4v) is 3.20. The number of imidazole rings is 1. The van der Waals surface area contributed by atoms with Gasteiger partial charge < -0.3 is 14.8 Å². The molecule has 4 rings (SSSR count). The van der Waals surface area contributed by atoms with E-state index in [0.717, 1.165) is 37.6 Å². The van der Waals surface area contributed by atoms with Gasteiger partial charge >= 0.3 is 0 Å². The van der Waals surface area contributed by atoms with Crippen LogP contribution < -0.4 is 10.2 Å². The van der Waals surface area contributed by atoms with Crippen LogP contribution in [-0.4, -0.2) is 54.8 Å². The Morgan fingerprint density at radius 1 is 1.19 bits per heavy atom. The molecule has 9 nitrogen and oxygen atoms in total. The molecule has 3 aromatic rings. The predicted molar refractivity (Wildman–Crippen MR) is 95.1 cm³/mol. The predicted octanol–water partition coefficient (Wildman–Crippen LogP) is 0.795. The van der Waals surface area contributed by atoms with Gasteiger partial charge in [0.1, 0.15) is 6.33 Å². The van der Waals surface area contributed by atoms with Crippen molar-refractivity contribution in [1.82, 2.24) is 35.1 Å². The Kier molecular flexibility index (Phi) is 4.34. The molecule has 0 unspecified atom stereocenters. The van der Waals surface area contributed by atoms with Gasteiger partial charge in [-0.2, -0.15) is 0 Å². The minimum atomic E-state index is -0.0521. The second-order valence-corrected chi connectivity index (χ2v) is 6.37. The molecule has 0 radical (unpaired) electrons. The van der Waals surface area contributed by atoms with Crippen LogP contribution >= 0.6 is 0 Å². The second-order valence-electron chi connectivity index (χ2n) is 6.37. The number of carbonyl (C=O) groups excluding carboxylic acids is 1. The standard InChI is InChI=1S/C17H20N8O/c1-23-11-8-18-17(23)24-9-6-14(7-10-24)20-16(26)13-2-4-15(5-3-13)25-12-19-21-22-25/h2-5,8,11-12,14H,6-7,9-10H2,1H3,(H,20,26). The number of nitrogens with one attached hydrogen (secondary N) is 1. The van der Waals surface area contributed by atoms with Crippen molar-refractivity contribution in [2.45, 2.75) is 18.9 Å². The Morgan fingerprint density at radius 3 is 2.58 bits per heavy atom. The number of rotatable bonds is 4. The van der Waals surface area contributed by atoms with Crippen LogP contribution in [0.25, 0.3) is 5.69 Å². The summed E-state index contributed by atoms with van der Waals surface area (Å²) < 4.78 is 3.57. The van der Waals surface area contributed by atoms with E-state index in [1.54, 1.807) is 16.8 Å². The summed E-state index contributed by atoms with van der Waals surface area (Å²) in [5.41, 5.74) is 1.45. The number of piperidine rings is 1. The minimum absolute atomic E-state index is 0.0521. The van der Waals surface area contributed by atoms with Crippen molar-refractivity contribution in [3.63, 3.8) is 0 Å². The number of hydrogen-bond acceptors (Lipinski definition) is 6. The van der Waals surface area contributed by atoms with Crippen LogP contribution in [0.15, 0.2) is 43.0 Å². The summed E-state index contributed by atoms with van der Waals surface area (Å²) in [6.07, 6.45) is 7.08. The normalized spacial score (nSPS) is 15.2. The van der Waals surface area contributed by atoms with Gasteiger partial charge in [0.05, 0.1) is 5.69 Å². The SMILES string of the molecule is Cn1ccnc1N1CCC(NC(=O)c2ccc(-n3cnnn3)cc2)CC1. The molecule has 134 valence electrons. The summed E-state index contributed by atoms with van der Waals surface area (Å²) in [6.45, 7) is 1.77. The first-order valence-electron chi connectivity index (χ1n) is 8.57. The van der Waals surface area contributed by atoms with Crippen molar-refractivity contribution in [1.29, 1.82) is 0 Å². The highest BCUT2D eigenvalue weighted by Gasteiger charge is 2.23. The van der Waals surface area contributed by atoms with Crippen LogP contribution in [0.1, 0.15) is 23.2 Å². The third-order valence-corrected chi connectivity index (χ3v) is 4.65. The number of nitrogens with zero attached hydrogens (tertiary/aromatic N) is 7. The van der Waals surface area contributed by atoms with Gasteiger partial charge in [-0.3, -0.25) is 4.79 Å².